The summed E-state index contributed by atoms with van der Waals surface area (Å²) < 4.78 is 19.9. The van der Waals surface area contributed by atoms with E-state index in [-0.39, 0.29) is 17.6 Å². The number of nitrogens with zero attached hydrogens (tertiary/aromatic N) is 2. The number of ether oxygens (including phenoxy) is 1. The van der Waals surface area contributed by atoms with Crippen LogP contribution in [0, 0.1) is 5.82 Å². The zero-order valence-electron chi connectivity index (χ0n) is 17.2. The molecule has 0 saturated heterocycles. The molecular formula is C24H20FN3O3S. The number of halogens is 1. The van der Waals surface area contributed by atoms with Gasteiger partial charge in [0.1, 0.15) is 11.5 Å². The predicted octanol–water partition coefficient (Wildman–Crippen LogP) is 4.77. The number of para-hydroxylation sites is 1. The van der Waals surface area contributed by atoms with Gasteiger partial charge >= 0.3 is 5.97 Å². The third-order valence-electron chi connectivity index (χ3n) is 4.77. The SMILES string of the molecule is CC(NC(=O)COC(=O)c1cc(-c2cccs2)nn1-c1ccccc1)c1ccc(F)cc1. The Bertz CT molecular complexity index is 1210. The summed E-state index contributed by atoms with van der Waals surface area (Å²) in [6.45, 7) is 1.32. The number of aromatic nitrogens is 2. The summed E-state index contributed by atoms with van der Waals surface area (Å²) in [5, 5.41) is 9.23. The number of nitrogens with one attached hydrogen (secondary N) is 1. The molecule has 0 bridgehead atoms. The van der Waals surface area contributed by atoms with Crippen LogP contribution in [0.4, 0.5) is 4.39 Å². The number of benzene rings is 2. The van der Waals surface area contributed by atoms with Gasteiger partial charge in [0.25, 0.3) is 5.91 Å². The quantitative estimate of drug-likeness (QED) is 0.413. The van der Waals surface area contributed by atoms with Crippen molar-refractivity contribution in [2.45, 2.75) is 13.0 Å². The zero-order chi connectivity index (χ0) is 22.5. The molecule has 2 aromatic carbocycles. The molecule has 6 nitrogen and oxygen atoms in total. The van der Waals surface area contributed by atoms with Gasteiger partial charge in [-0.2, -0.15) is 5.10 Å². The predicted molar refractivity (Wildman–Crippen MR) is 120 cm³/mol. The molecule has 4 rings (SSSR count). The molecule has 1 atom stereocenters. The summed E-state index contributed by atoms with van der Waals surface area (Å²) in [6, 6.07) is 20.2. The van der Waals surface area contributed by atoms with E-state index in [1.807, 2.05) is 47.8 Å². The molecule has 0 aliphatic carbocycles. The molecule has 0 aliphatic rings. The maximum absolute atomic E-state index is 13.1. The summed E-state index contributed by atoms with van der Waals surface area (Å²) in [7, 11) is 0. The summed E-state index contributed by atoms with van der Waals surface area (Å²) in [4.78, 5) is 26.0. The van der Waals surface area contributed by atoms with E-state index in [1.165, 1.54) is 28.2 Å². The molecule has 1 unspecified atom stereocenters. The standard InChI is InChI=1S/C24H20FN3O3S/c1-16(17-9-11-18(25)12-10-17)26-23(29)15-31-24(30)21-14-20(22-8-5-13-32-22)27-28(21)19-6-3-2-4-7-19/h2-14,16H,15H2,1H3,(H,26,29). The molecule has 0 saturated carbocycles. The van der Waals surface area contributed by atoms with Gasteiger partial charge in [0.15, 0.2) is 12.3 Å². The molecule has 0 radical (unpaired) electrons. The van der Waals surface area contributed by atoms with Crippen molar-refractivity contribution in [3.05, 3.63) is 95.3 Å². The molecule has 0 aliphatic heterocycles. The van der Waals surface area contributed by atoms with Gasteiger partial charge in [-0.05, 0) is 48.2 Å². The van der Waals surface area contributed by atoms with Crippen LogP contribution in [0.5, 0.6) is 0 Å². The van der Waals surface area contributed by atoms with Gasteiger partial charge in [-0.1, -0.05) is 36.4 Å². The van der Waals surface area contributed by atoms with Crippen molar-refractivity contribution in [2.24, 2.45) is 0 Å². The van der Waals surface area contributed by atoms with Crippen LogP contribution in [0.2, 0.25) is 0 Å². The van der Waals surface area contributed by atoms with E-state index in [0.29, 0.717) is 11.4 Å². The van der Waals surface area contributed by atoms with Crippen molar-refractivity contribution in [2.75, 3.05) is 6.61 Å². The number of hydrogen-bond donors (Lipinski definition) is 1. The highest BCUT2D eigenvalue weighted by Gasteiger charge is 2.21. The normalized spacial score (nSPS) is 11.7. The van der Waals surface area contributed by atoms with Crippen molar-refractivity contribution >= 4 is 23.2 Å². The highest BCUT2D eigenvalue weighted by Crippen LogP contribution is 2.26. The van der Waals surface area contributed by atoms with Gasteiger partial charge < -0.3 is 10.1 Å². The van der Waals surface area contributed by atoms with E-state index >= 15 is 0 Å². The molecule has 1 amide bonds. The number of carbonyl (C=O) groups excluding carboxylic acids is 2. The van der Waals surface area contributed by atoms with Crippen LogP contribution in [-0.4, -0.2) is 28.3 Å². The number of hydrogen-bond acceptors (Lipinski definition) is 5. The lowest BCUT2D eigenvalue weighted by Crippen LogP contribution is -2.31. The molecule has 2 heterocycles. The Balaban J connectivity index is 1.46. The van der Waals surface area contributed by atoms with E-state index in [1.54, 1.807) is 25.1 Å². The minimum absolute atomic E-state index is 0.221. The van der Waals surface area contributed by atoms with Crippen molar-refractivity contribution in [3.8, 4) is 16.3 Å². The maximum atomic E-state index is 13.1. The summed E-state index contributed by atoms with van der Waals surface area (Å²) in [5.74, 6) is -1.47. The maximum Gasteiger partial charge on any atom is 0.357 e. The smallest absolute Gasteiger partial charge is 0.357 e. The number of thiophene rings is 1. The Kier molecular flexibility index (Phi) is 6.42. The monoisotopic (exact) mass is 449 g/mol. The van der Waals surface area contributed by atoms with Gasteiger partial charge in [0.2, 0.25) is 0 Å². The third-order valence-corrected chi connectivity index (χ3v) is 5.67. The molecule has 32 heavy (non-hydrogen) atoms. The van der Waals surface area contributed by atoms with Crippen LogP contribution in [0.15, 0.2) is 78.2 Å². The van der Waals surface area contributed by atoms with E-state index in [2.05, 4.69) is 10.4 Å². The topological polar surface area (TPSA) is 73.2 Å². The number of carbonyl (C=O) groups is 2. The van der Waals surface area contributed by atoms with Crippen LogP contribution < -0.4 is 5.32 Å². The van der Waals surface area contributed by atoms with Gasteiger partial charge in [-0.25, -0.2) is 13.9 Å². The van der Waals surface area contributed by atoms with Crippen LogP contribution in [-0.2, 0) is 9.53 Å². The first-order valence-corrected chi connectivity index (χ1v) is 10.8. The Labute approximate surface area is 188 Å². The molecular weight excluding hydrogens is 429 g/mol. The van der Waals surface area contributed by atoms with Gasteiger partial charge in [-0.15, -0.1) is 11.3 Å². The van der Waals surface area contributed by atoms with Gasteiger partial charge in [-0.3, -0.25) is 4.79 Å². The van der Waals surface area contributed by atoms with Crippen molar-refractivity contribution in [1.82, 2.24) is 15.1 Å². The summed E-state index contributed by atoms with van der Waals surface area (Å²) in [5.41, 5.74) is 2.31. The second kappa shape index (κ2) is 9.57. The van der Waals surface area contributed by atoms with Crippen LogP contribution in [0.25, 0.3) is 16.3 Å². The molecule has 0 spiro atoms. The summed E-state index contributed by atoms with van der Waals surface area (Å²) in [6.07, 6.45) is 0. The molecule has 162 valence electrons. The van der Waals surface area contributed by atoms with Crippen molar-refractivity contribution < 1.29 is 18.7 Å². The first kappa shape index (κ1) is 21.5. The molecule has 4 aromatic rings. The fraction of sp³-hybridized carbons (Fsp3) is 0.125. The van der Waals surface area contributed by atoms with Crippen LogP contribution >= 0.6 is 11.3 Å². The molecule has 8 heteroatoms. The first-order chi connectivity index (χ1) is 15.5. The van der Waals surface area contributed by atoms with Crippen molar-refractivity contribution in [1.29, 1.82) is 0 Å². The average molecular weight is 450 g/mol. The van der Waals surface area contributed by atoms with Gasteiger partial charge in [0.05, 0.1) is 16.6 Å². The second-order valence-electron chi connectivity index (χ2n) is 7.06. The van der Waals surface area contributed by atoms with E-state index in [9.17, 15) is 14.0 Å². The molecule has 0 fully saturated rings. The highest BCUT2D eigenvalue weighted by molar-refractivity contribution is 7.13. The summed E-state index contributed by atoms with van der Waals surface area (Å²) >= 11 is 1.51. The Hall–Kier alpha value is -3.78. The average Bonchev–Trinajstić information content (AvgIpc) is 3.48. The molecule has 2 aromatic heterocycles. The Morgan fingerprint density at radius 2 is 1.84 bits per heavy atom. The van der Waals surface area contributed by atoms with Crippen LogP contribution in [0.3, 0.4) is 0 Å². The van der Waals surface area contributed by atoms with E-state index < -0.39 is 18.5 Å². The van der Waals surface area contributed by atoms with E-state index in [4.69, 9.17) is 4.74 Å². The highest BCUT2D eigenvalue weighted by atomic mass is 32.1. The van der Waals surface area contributed by atoms with Gasteiger partial charge in [0, 0.05) is 6.07 Å². The van der Waals surface area contributed by atoms with Crippen molar-refractivity contribution in [3.63, 3.8) is 0 Å². The lowest BCUT2D eigenvalue weighted by Gasteiger charge is -2.14. The minimum atomic E-state index is -0.659. The number of rotatable bonds is 7. The largest absolute Gasteiger partial charge is 0.451 e. The lowest BCUT2D eigenvalue weighted by molar-refractivity contribution is -0.124. The molecule has 1 N–H and O–H groups in total. The zero-order valence-corrected chi connectivity index (χ0v) is 18.0. The Morgan fingerprint density at radius 1 is 1.09 bits per heavy atom. The number of esters is 1. The fourth-order valence-corrected chi connectivity index (χ4v) is 3.84. The first-order valence-electron chi connectivity index (χ1n) is 9.92. The van der Waals surface area contributed by atoms with Crippen LogP contribution in [0.1, 0.15) is 29.0 Å². The number of amides is 1. The fourth-order valence-electron chi connectivity index (χ4n) is 3.16. The third kappa shape index (κ3) is 4.92. The van der Waals surface area contributed by atoms with E-state index in [0.717, 1.165) is 10.4 Å². The Morgan fingerprint density at radius 3 is 2.53 bits per heavy atom. The lowest BCUT2D eigenvalue weighted by atomic mass is 10.1. The second-order valence-corrected chi connectivity index (χ2v) is 8.00. The minimum Gasteiger partial charge on any atom is -0.451 e.